The van der Waals surface area contributed by atoms with Crippen molar-refractivity contribution >= 4 is 28.3 Å². The topological polar surface area (TPSA) is 117 Å². The molecule has 8 nitrogen and oxygen atoms in total. The van der Waals surface area contributed by atoms with Gasteiger partial charge in [0.2, 0.25) is 0 Å². The van der Waals surface area contributed by atoms with Gasteiger partial charge in [0, 0.05) is 11.6 Å². The summed E-state index contributed by atoms with van der Waals surface area (Å²) in [4.78, 5) is 42.6. The van der Waals surface area contributed by atoms with Gasteiger partial charge in [-0.05, 0) is 6.92 Å². The Morgan fingerprint density at radius 3 is 2.95 bits per heavy atom. The quantitative estimate of drug-likeness (QED) is 0.695. The third-order valence-electron chi connectivity index (χ3n) is 2.24. The number of hydrogen-bond donors (Lipinski definition) is 3. The van der Waals surface area contributed by atoms with Crippen LogP contribution in [0.15, 0.2) is 16.4 Å². The lowest BCUT2D eigenvalue weighted by Gasteiger charge is -1.99. The number of aromatic nitrogens is 3. The Kier molecular flexibility index (Phi) is 4.31. The molecule has 1 amide bonds. The maximum Gasteiger partial charge on any atom is 0.323 e. The number of aromatic amines is 2. The monoisotopic (exact) mass is 296 g/mol. The van der Waals surface area contributed by atoms with E-state index < -0.39 is 11.6 Å². The minimum atomic E-state index is -0.486. The number of thiazole rings is 1. The number of amides is 1. The van der Waals surface area contributed by atoms with Crippen LogP contribution < -0.4 is 11.0 Å². The number of carbonyl (C=O) groups is 2. The lowest BCUT2D eigenvalue weighted by molar-refractivity contribution is -0.142. The standard InChI is InChI=1S/C11H12N4O4S/c1-2-19-8(16)3-6-5-20-11(13-6)15-9(17)7-4-12-10(18)14-7/h4-5H,2-3H2,1H3,(H2,12,14,18)(H,13,15,17). The van der Waals surface area contributed by atoms with Crippen molar-refractivity contribution in [2.75, 3.05) is 11.9 Å². The fraction of sp³-hybridized carbons (Fsp3) is 0.273. The SMILES string of the molecule is CCOC(=O)Cc1csc(NC(=O)c2c[nH]c(=O)[nH]2)n1. The van der Waals surface area contributed by atoms with Gasteiger partial charge >= 0.3 is 11.7 Å². The number of hydrogen-bond acceptors (Lipinski definition) is 6. The molecule has 0 unspecified atom stereocenters. The van der Waals surface area contributed by atoms with Crippen molar-refractivity contribution < 1.29 is 14.3 Å². The van der Waals surface area contributed by atoms with E-state index in [1.165, 1.54) is 17.5 Å². The molecule has 2 aromatic rings. The Bertz CT molecular complexity index is 672. The molecule has 0 aromatic carbocycles. The van der Waals surface area contributed by atoms with E-state index in [2.05, 4.69) is 20.3 Å². The minimum Gasteiger partial charge on any atom is -0.466 e. The number of nitrogens with one attached hydrogen (secondary N) is 3. The van der Waals surface area contributed by atoms with E-state index in [4.69, 9.17) is 4.74 Å². The third-order valence-corrected chi connectivity index (χ3v) is 3.05. The summed E-state index contributed by atoms with van der Waals surface area (Å²) in [6.07, 6.45) is 1.33. The number of anilines is 1. The molecule has 2 aromatic heterocycles. The molecule has 0 atom stereocenters. The molecule has 2 heterocycles. The van der Waals surface area contributed by atoms with Crippen molar-refractivity contribution in [3.8, 4) is 0 Å². The Morgan fingerprint density at radius 2 is 2.30 bits per heavy atom. The van der Waals surface area contributed by atoms with Crippen LogP contribution in [0, 0.1) is 0 Å². The van der Waals surface area contributed by atoms with Gasteiger partial charge in [0.25, 0.3) is 5.91 Å². The molecule has 0 bridgehead atoms. The van der Waals surface area contributed by atoms with Crippen molar-refractivity contribution in [2.45, 2.75) is 13.3 Å². The van der Waals surface area contributed by atoms with Crippen LogP contribution in [0.4, 0.5) is 5.13 Å². The summed E-state index contributed by atoms with van der Waals surface area (Å²) in [5.74, 6) is -0.856. The van der Waals surface area contributed by atoms with Crippen molar-refractivity contribution in [1.82, 2.24) is 15.0 Å². The average Bonchev–Trinajstić information content (AvgIpc) is 2.99. The van der Waals surface area contributed by atoms with Crippen LogP contribution in [0.3, 0.4) is 0 Å². The molecule has 0 aliphatic carbocycles. The van der Waals surface area contributed by atoms with Crippen molar-refractivity contribution in [1.29, 1.82) is 0 Å². The van der Waals surface area contributed by atoms with Crippen LogP contribution in [0.5, 0.6) is 0 Å². The second-order valence-electron chi connectivity index (χ2n) is 3.74. The normalized spacial score (nSPS) is 10.2. The van der Waals surface area contributed by atoms with Gasteiger partial charge in [-0.2, -0.15) is 0 Å². The summed E-state index contributed by atoms with van der Waals surface area (Å²) in [7, 11) is 0. The zero-order chi connectivity index (χ0) is 14.5. The molecule has 106 valence electrons. The maximum atomic E-state index is 11.7. The highest BCUT2D eigenvalue weighted by Gasteiger charge is 2.12. The Balaban J connectivity index is 1.97. The Morgan fingerprint density at radius 1 is 1.50 bits per heavy atom. The van der Waals surface area contributed by atoms with Gasteiger partial charge in [0.1, 0.15) is 5.69 Å². The van der Waals surface area contributed by atoms with Crippen LogP contribution in [0.25, 0.3) is 0 Å². The van der Waals surface area contributed by atoms with E-state index >= 15 is 0 Å². The maximum absolute atomic E-state index is 11.7. The predicted octanol–water partition coefficient (Wildman–Crippen LogP) is 0.517. The van der Waals surface area contributed by atoms with Crippen LogP contribution in [-0.2, 0) is 16.0 Å². The van der Waals surface area contributed by atoms with Crippen LogP contribution in [0.2, 0.25) is 0 Å². The zero-order valence-electron chi connectivity index (χ0n) is 10.6. The molecular formula is C11H12N4O4S. The molecule has 0 fully saturated rings. The van der Waals surface area contributed by atoms with Gasteiger partial charge < -0.3 is 14.7 Å². The highest BCUT2D eigenvalue weighted by Crippen LogP contribution is 2.16. The van der Waals surface area contributed by atoms with Crippen molar-refractivity contribution in [3.63, 3.8) is 0 Å². The first-order valence-corrected chi connectivity index (χ1v) is 6.65. The number of ether oxygens (including phenoxy) is 1. The van der Waals surface area contributed by atoms with Crippen LogP contribution in [-0.4, -0.2) is 33.4 Å². The van der Waals surface area contributed by atoms with E-state index in [0.717, 1.165) is 0 Å². The van der Waals surface area contributed by atoms with E-state index in [1.807, 2.05) is 0 Å². The second kappa shape index (κ2) is 6.15. The van der Waals surface area contributed by atoms with Gasteiger partial charge in [0.05, 0.1) is 18.7 Å². The second-order valence-corrected chi connectivity index (χ2v) is 4.59. The van der Waals surface area contributed by atoms with Crippen LogP contribution in [0.1, 0.15) is 23.1 Å². The molecule has 2 rings (SSSR count). The summed E-state index contributed by atoms with van der Waals surface area (Å²) in [5.41, 5.74) is 0.167. The summed E-state index contributed by atoms with van der Waals surface area (Å²) in [5, 5.41) is 4.53. The highest BCUT2D eigenvalue weighted by molar-refractivity contribution is 7.14. The fourth-order valence-electron chi connectivity index (χ4n) is 1.42. The van der Waals surface area contributed by atoms with Crippen LogP contribution >= 0.6 is 11.3 Å². The van der Waals surface area contributed by atoms with Gasteiger partial charge in [0.15, 0.2) is 5.13 Å². The summed E-state index contributed by atoms with van der Waals surface area (Å²) < 4.78 is 4.80. The molecule has 0 saturated heterocycles. The number of carbonyl (C=O) groups excluding carboxylic acids is 2. The number of nitrogens with zero attached hydrogens (tertiary/aromatic N) is 1. The first kappa shape index (κ1) is 14.0. The summed E-state index contributed by atoms with van der Waals surface area (Å²) >= 11 is 1.19. The van der Waals surface area contributed by atoms with Crippen molar-refractivity contribution in [2.24, 2.45) is 0 Å². The number of imidazole rings is 1. The smallest absolute Gasteiger partial charge is 0.323 e. The molecule has 9 heteroatoms. The molecule has 0 radical (unpaired) electrons. The van der Waals surface area contributed by atoms with Gasteiger partial charge in [-0.3, -0.25) is 14.9 Å². The van der Waals surface area contributed by atoms with Gasteiger partial charge in [-0.25, -0.2) is 9.78 Å². The van der Waals surface area contributed by atoms with Crippen molar-refractivity contribution in [3.05, 3.63) is 33.4 Å². The molecule has 0 aliphatic rings. The first-order valence-electron chi connectivity index (χ1n) is 5.77. The zero-order valence-corrected chi connectivity index (χ0v) is 11.4. The van der Waals surface area contributed by atoms with Gasteiger partial charge in [-0.1, -0.05) is 0 Å². The Labute approximate surface area is 117 Å². The molecular weight excluding hydrogens is 284 g/mol. The minimum absolute atomic E-state index is 0.0567. The number of esters is 1. The average molecular weight is 296 g/mol. The van der Waals surface area contributed by atoms with Gasteiger partial charge in [-0.15, -0.1) is 11.3 Å². The predicted molar refractivity (Wildman–Crippen MR) is 71.8 cm³/mol. The summed E-state index contributed by atoms with van der Waals surface area (Å²) in [6.45, 7) is 2.04. The molecule has 20 heavy (non-hydrogen) atoms. The lowest BCUT2D eigenvalue weighted by Crippen LogP contribution is -2.14. The molecule has 0 aliphatic heterocycles. The third kappa shape index (κ3) is 3.54. The number of H-pyrrole nitrogens is 2. The highest BCUT2D eigenvalue weighted by atomic mass is 32.1. The number of rotatable bonds is 5. The van der Waals surface area contributed by atoms with E-state index in [9.17, 15) is 14.4 Å². The molecule has 0 spiro atoms. The van der Waals surface area contributed by atoms with E-state index in [0.29, 0.717) is 17.4 Å². The lowest BCUT2D eigenvalue weighted by atomic mass is 10.3. The van der Waals surface area contributed by atoms with E-state index in [1.54, 1.807) is 12.3 Å². The fourth-order valence-corrected chi connectivity index (χ4v) is 2.13. The van der Waals surface area contributed by atoms with E-state index in [-0.39, 0.29) is 18.1 Å². The molecule has 0 saturated carbocycles. The summed E-state index contributed by atoms with van der Waals surface area (Å²) in [6, 6.07) is 0. The first-order chi connectivity index (χ1) is 9.58. The Hall–Kier alpha value is -2.42. The molecule has 3 N–H and O–H groups in total. The largest absolute Gasteiger partial charge is 0.466 e.